The van der Waals surface area contributed by atoms with Crippen LogP contribution in [0.3, 0.4) is 0 Å². The van der Waals surface area contributed by atoms with E-state index in [1.165, 1.54) is 0 Å². The van der Waals surface area contributed by atoms with Crippen LogP contribution in [0.15, 0.2) is 0 Å². The molecule has 2 rings (SSSR count). The number of hydrogen-bond donors (Lipinski definition) is 2. The average molecular weight is 281 g/mol. The first-order chi connectivity index (χ1) is 9.59. The minimum atomic E-state index is -0.404. The van der Waals surface area contributed by atoms with Crippen molar-refractivity contribution < 1.29 is 9.59 Å². The maximum atomic E-state index is 12.6. The number of amides is 2. The molecule has 0 aliphatic carbocycles. The Balaban J connectivity index is 1.93. The highest BCUT2D eigenvalue weighted by molar-refractivity contribution is 5.90. The highest BCUT2D eigenvalue weighted by Crippen LogP contribution is 2.32. The highest BCUT2D eigenvalue weighted by Gasteiger charge is 2.39. The molecule has 0 aromatic rings. The Labute approximate surface area is 121 Å². The van der Waals surface area contributed by atoms with Crippen molar-refractivity contribution in [2.45, 2.75) is 52.0 Å². The lowest BCUT2D eigenvalue weighted by atomic mass is 9.75. The molecule has 1 unspecified atom stereocenters. The molecule has 0 spiro atoms. The zero-order valence-electron chi connectivity index (χ0n) is 12.7. The Kier molecular flexibility index (Phi) is 5.02. The molecule has 2 aliphatic heterocycles. The van der Waals surface area contributed by atoms with E-state index in [1.54, 1.807) is 0 Å². The molecule has 5 heteroatoms. The van der Waals surface area contributed by atoms with E-state index >= 15 is 0 Å². The molecule has 114 valence electrons. The van der Waals surface area contributed by atoms with Gasteiger partial charge in [0, 0.05) is 13.1 Å². The van der Waals surface area contributed by atoms with Gasteiger partial charge in [0.05, 0.1) is 5.41 Å². The van der Waals surface area contributed by atoms with Crippen molar-refractivity contribution in [2.24, 2.45) is 5.41 Å². The van der Waals surface area contributed by atoms with E-state index in [9.17, 15) is 9.59 Å². The van der Waals surface area contributed by atoms with Gasteiger partial charge in [-0.15, -0.1) is 0 Å². The normalized spacial score (nSPS) is 23.4. The number of carbonyl (C=O) groups is 2. The van der Waals surface area contributed by atoms with Crippen LogP contribution in [0.5, 0.6) is 0 Å². The van der Waals surface area contributed by atoms with Gasteiger partial charge in [-0.2, -0.15) is 0 Å². The van der Waals surface area contributed by atoms with Crippen LogP contribution in [-0.2, 0) is 9.59 Å². The third-order valence-corrected chi connectivity index (χ3v) is 4.85. The summed E-state index contributed by atoms with van der Waals surface area (Å²) in [5, 5.41) is 6.25. The molecular formula is C15H27N3O2. The van der Waals surface area contributed by atoms with Crippen LogP contribution in [0, 0.1) is 5.41 Å². The first-order valence-corrected chi connectivity index (χ1v) is 7.89. The van der Waals surface area contributed by atoms with Crippen molar-refractivity contribution in [3.8, 4) is 0 Å². The lowest BCUT2D eigenvalue weighted by Crippen LogP contribution is -2.53. The number of piperidine rings is 1. The predicted molar refractivity (Wildman–Crippen MR) is 78.2 cm³/mol. The van der Waals surface area contributed by atoms with Crippen LogP contribution < -0.4 is 10.6 Å². The summed E-state index contributed by atoms with van der Waals surface area (Å²) in [4.78, 5) is 26.7. The van der Waals surface area contributed by atoms with Crippen LogP contribution in [0.2, 0.25) is 0 Å². The van der Waals surface area contributed by atoms with Gasteiger partial charge in [-0.05, 0) is 52.1 Å². The van der Waals surface area contributed by atoms with Crippen LogP contribution in [0.1, 0.15) is 46.0 Å². The number of carbonyl (C=O) groups excluding carboxylic acids is 2. The lowest BCUT2D eigenvalue weighted by Gasteiger charge is -2.36. The smallest absolute Gasteiger partial charge is 0.244 e. The fourth-order valence-electron chi connectivity index (χ4n) is 3.27. The second kappa shape index (κ2) is 6.57. The molecule has 0 saturated carbocycles. The Morgan fingerprint density at radius 1 is 1.25 bits per heavy atom. The predicted octanol–water partition coefficient (Wildman–Crippen LogP) is 0.893. The number of rotatable bonds is 4. The van der Waals surface area contributed by atoms with Gasteiger partial charge >= 0.3 is 0 Å². The topological polar surface area (TPSA) is 61.4 Å². The van der Waals surface area contributed by atoms with Crippen molar-refractivity contribution in [2.75, 3.05) is 26.2 Å². The molecule has 0 radical (unpaired) electrons. The Hall–Kier alpha value is -1.10. The second-order valence-electron chi connectivity index (χ2n) is 6.11. The number of likely N-dealkylation sites (tertiary alicyclic amines) is 1. The molecule has 2 aliphatic rings. The molecule has 1 atom stereocenters. The molecule has 0 bridgehead atoms. The molecular weight excluding hydrogens is 254 g/mol. The minimum Gasteiger partial charge on any atom is -0.344 e. The zero-order valence-corrected chi connectivity index (χ0v) is 12.7. The molecule has 2 fully saturated rings. The standard InChI is InChI=1S/C15H27N3O2/c1-3-15(6-8-16-9-7-15)14(20)17-12(2)13(19)18-10-4-5-11-18/h12,16H,3-11H2,1-2H3,(H,17,20). The van der Waals surface area contributed by atoms with E-state index in [-0.39, 0.29) is 17.2 Å². The molecule has 2 saturated heterocycles. The van der Waals surface area contributed by atoms with Crippen LogP contribution >= 0.6 is 0 Å². The maximum absolute atomic E-state index is 12.6. The molecule has 2 amide bonds. The summed E-state index contributed by atoms with van der Waals surface area (Å²) in [5.41, 5.74) is -0.287. The molecule has 5 nitrogen and oxygen atoms in total. The first kappa shape index (κ1) is 15.3. The summed E-state index contributed by atoms with van der Waals surface area (Å²) in [5.74, 6) is 0.123. The van der Waals surface area contributed by atoms with Crippen molar-refractivity contribution in [1.82, 2.24) is 15.5 Å². The molecule has 0 aromatic carbocycles. The van der Waals surface area contributed by atoms with Crippen molar-refractivity contribution in [1.29, 1.82) is 0 Å². The summed E-state index contributed by atoms with van der Waals surface area (Å²) in [6, 6.07) is -0.404. The van der Waals surface area contributed by atoms with Crippen molar-refractivity contribution in [3.05, 3.63) is 0 Å². The summed E-state index contributed by atoms with van der Waals surface area (Å²) in [6.07, 6.45) is 4.72. The average Bonchev–Trinajstić information content (AvgIpc) is 3.01. The van der Waals surface area contributed by atoms with E-state index in [1.807, 2.05) is 11.8 Å². The third-order valence-electron chi connectivity index (χ3n) is 4.85. The van der Waals surface area contributed by atoms with Gasteiger partial charge in [0.25, 0.3) is 0 Å². The summed E-state index contributed by atoms with van der Waals surface area (Å²) in [7, 11) is 0. The van der Waals surface area contributed by atoms with E-state index in [0.717, 1.165) is 58.3 Å². The molecule has 2 N–H and O–H groups in total. The number of nitrogens with one attached hydrogen (secondary N) is 2. The summed E-state index contributed by atoms with van der Waals surface area (Å²) in [6.45, 7) is 7.32. The SMILES string of the molecule is CCC1(C(=O)NC(C)C(=O)N2CCCC2)CCNCC1. The molecule has 20 heavy (non-hydrogen) atoms. The quantitative estimate of drug-likeness (QED) is 0.804. The molecule has 0 aromatic heterocycles. The van der Waals surface area contributed by atoms with Gasteiger partial charge in [0.1, 0.15) is 6.04 Å². The zero-order chi connectivity index (χ0) is 14.6. The summed E-state index contributed by atoms with van der Waals surface area (Å²) >= 11 is 0. The van der Waals surface area contributed by atoms with E-state index in [0.29, 0.717) is 0 Å². The number of nitrogens with zero attached hydrogens (tertiary/aromatic N) is 1. The van der Waals surface area contributed by atoms with Crippen molar-refractivity contribution in [3.63, 3.8) is 0 Å². The lowest BCUT2D eigenvalue weighted by molar-refractivity contribution is -0.139. The second-order valence-corrected chi connectivity index (χ2v) is 6.11. The Bertz CT molecular complexity index is 358. The largest absolute Gasteiger partial charge is 0.344 e. The third kappa shape index (κ3) is 3.14. The minimum absolute atomic E-state index is 0.0570. The Morgan fingerprint density at radius 2 is 1.85 bits per heavy atom. The monoisotopic (exact) mass is 281 g/mol. The Morgan fingerprint density at radius 3 is 2.40 bits per heavy atom. The summed E-state index contributed by atoms with van der Waals surface area (Å²) < 4.78 is 0. The van der Waals surface area contributed by atoms with Crippen LogP contribution in [0.25, 0.3) is 0 Å². The van der Waals surface area contributed by atoms with E-state index in [4.69, 9.17) is 0 Å². The van der Waals surface area contributed by atoms with E-state index < -0.39 is 6.04 Å². The fraction of sp³-hybridized carbons (Fsp3) is 0.867. The highest BCUT2D eigenvalue weighted by atomic mass is 16.2. The van der Waals surface area contributed by atoms with Crippen LogP contribution in [-0.4, -0.2) is 48.9 Å². The van der Waals surface area contributed by atoms with Gasteiger partial charge in [-0.3, -0.25) is 9.59 Å². The van der Waals surface area contributed by atoms with Gasteiger partial charge in [-0.1, -0.05) is 6.92 Å². The van der Waals surface area contributed by atoms with Gasteiger partial charge in [0.15, 0.2) is 0 Å². The maximum Gasteiger partial charge on any atom is 0.244 e. The van der Waals surface area contributed by atoms with Crippen molar-refractivity contribution >= 4 is 11.8 Å². The van der Waals surface area contributed by atoms with Gasteiger partial charge in [-0.25, -0.2) is 0 Å². The van der Waals surface area contributed by atoms with E-state index in [2.05, 4.69) is 17.6 Å². The first-order valence-electron chi connectivity index (χ1n) is 7.89. The number of hydrogen-bond acceptors (Lipinski definition) is 3. The van der Waals surface area contributed by atoms with Gasteiger partial charge in [0.2, 0.25) is 11.8 Å². The van der Waals surface area contributed by atoms with Crippen LogP contribution in [0.4, 0.5) is 0 Å². The fourth-order valence-corrected chi connectivity index (χ4v) is 3.27. The molecule has 2 heterocycles. The van der Waals surface area contributed by atoms with Gasteiger partial charge < -0.3 is 15.5 Å².